The van der Waals surface area contributed by atoms with Crippen LogP contribution in [0.3, 0.4) is 0 Å². The van der Waals surface area contributed by atoms with Crippen LogP contribution in [-0.2, 0) is 19.1 Å². The third-order valence-corrected chi connectivity index (χ3v) is 7.10. The molecule has 2 aromatic rings. The SMILES string of the molecule is O=C(NC[C@@H]1CCO[C@@H]1C(=O)NC[C@@H]1C[C@@H]1C(=O)O)OCC1c2ccccc2-c2ccccc21. The highest BCUT2D eigenvalue weighted by atomic mass is 16.5. The van der Waals surface area contributed by atoms with E-state index in [1.807, 2.05) is 24.3 Å². The van der Waals surface area contributed by atoms with Crippen molar-refractivity contribution in [2.24, 2.45) is 17.8 Å². The van der Waals surface area contributed by atoms with E-state index in [-0.39, 0.29) is 42.7 Å². The average Bonchev–Trinajstić information content (AvgIpc) is 3.36. The number of aliphatic carboxylic acids is 1. The Labute approximate surface area is 197 Å². The van der Waals surface area contributed by atoms with Gasteiger partial charge in [0.1, 0.15) is 12.7 Å². The highest BCUT2D eigenvalue weighted by Gasteiger charge is 2.44. The van der Waals surface area contributed by atoms with Gasteiger partial charge in [0.15, 0.2) is 0 Å². The lowest BCUT2D eigenvalue weighted by Gasteiger charge is -2.19. The number of carboxylic acids is 1. The highest BCUT2D eigenvalue weighted by Crippen LogP contribution is 2.44. The second-order valence-electron chi connectivity index (χ2n) is 9.23. The van der Waals surface area contributed by atoms with Gasteiger partial charge in [-0.05, 0) is 41.0 Å². The quantitative estimate of drug-likeness (QED) is 0.554. The molecule has 0 bridgehead atoms. The van der Waals surface area contributed by atoms with Gasteiger partial charge in [-0.25, -0.2) is 4.79 Å². The topological polar surface area (TPSA) is 114 Å². The Kier molecular flexibility index (Phi) is 6.24. The van der Waals surface area contributed by atoms with Gasteiger partial charge in [0.2, 0.25) is 5.91 Å². The number of hydrogen-bond acceptors (Lipinski definition) is 5. The molecule has 2 amide bonds. The van der Waals surface area contributed by atoms with Crippen molar-refractivity contribution >= 4 is 18.0 Å². The van der Waals surface area contributed by atoms with E-state index in [4.69, 9.17) is 14.6 Å². The maximum absolute atomic E-state index is 12.5. The van der Waals surface area contributed by atoms with Crippen LogP contribution in [0.1, 0.15) is 29.9 Å². The molecular formula is C26H28N2O6. The number of nitrogens with one attached hydrogen (secondary N) is 2. The molecule has 0 aromatic heterocycles. The first-order chi connectivity index (χ1) is 16.5. The van der Waals surface area contributed by atoms with Crippen molar-refractivity contribution in [1.29, 1.82) is 0 Å². The van der Waals surface area contributed by atoms with Gasteiger partial charge in [0.05, 0.1) is 5.92 Å². The second-order valence-corrected chi connectivity index (χ2v) is 9.23. The van der Waals surface area contributed by atoms with E-state index < -0.39 is 18.2 Å². The molecule has 0 radical (unpaired) electrons. The van der Waals surface area contributed by atoms with E-state index in [1.165, 1.54) is 11.1 Å². The lowest BCUT2D eigenvalue weighted by atomic mass is 9.98. The number of carbonyl (C=O) groups is 3. The number of ether oxygens (including phenoxy) is 2. The number of amides is 2. The van der Waals surface area contributed by atoms with Crippen LogP contribution < -0.4 is 10.6 Å². The summed E-state index contributed by atoms with van der Waals surface area (Å²) in [5.41, 5.74) is 4.64. The maximum Gasteiger partial charge on any atom is 0.407 e. The van der Waals surface area contributed by atoms with Gasteiger partial charge in [-0.1, -0.05) is 48.5 Å². The van der Waals surface area contributed by atoms with Crippen molar-refractivity contribution in [3.05, 3.63) is 59.7 Å². The van der Waals surface area contributed by atoms with Crippen molar-refractivity contribution < 1.29 is 29.0 Å². The Morgan fingerprint density at radius 3 is 2.24 bits per heavy atom. The molecule has 178 valence electrons. The van der Waals surface area contributed by atoms with Crippen LogP contribution in [0, 0.1) is 17.8 Å². The number of carboxylic acid groups (broad SMARTS) is 1. The van der Waals surface area contributed by atoms with Gasteiger partial charge in [-0.15, -0.1) is 0 Å². The van der Waals surface area contributed by atoms with Crippen LogP contribution >= 0.6 is 0 Å². The maximum atomic E-state index is 12.5. The summed E-state index contributed by atoms with van der Waals surface area (Å²) in [4.78, 5) is 35.9. The first-order valence-electron chi connectivity index (χ1n) is 11.7. The normalized spacial score (nSPS) is 24.7. The third kappa shape index (κ3) is 4.50. The third-order valence-electron chi connectivity index (χ3n) is 7.10. The number of rotatable bonds is 8. The Bertz CT molecular complexity index is 1060. The zero-order valence-corrected chi connectivity index (χ0v) is 18.7. The lowest BCUT2D eigenvalue weighted by Crippen LogP contribution is -2.43. The minimum Gasteiger partial charge on any atom is -0.481 e. The Hall–Kier alpha value is -3.39. The van der Waals surface area contributed by atoms with Crippen LogP contribution in [0.4, 0.5) is 4.79 Å². The van der Waals surface area contributed by atoms with Crippen LogP contribution in [0.15, 0.2) is 48.5 Å². The second kappa shape index (κ2) is 9.46. The molecule has 4 atom stereocenters. The van der Waals surface area contributed by atoms with Gasteiger partial charge in [-0.3, -0.25) is 9.59 Å². The summed E-state index contributed by atoms with van der Waals surface area (Å²) < 4.78 is 11.2. The minimum absolute atomic E-state index is 0.0106. The summed E-state index contributed by atoms with van der Waals surface area (Å²) >= 11 is 0. The van der Waals surface area contributed by atoms with Gasteiger partial charge in [0, 0.05) is 31.5 Å². The molecule has 8 nitrogen and oxygen atoms in total. The molecular weight excluding hydrogens is 436 g/mol. The van der Waals surface area contributed by atoms with Gasteiger partial charge in [-0.2, -0.15) is 0 Å². The molecule has 1 saturated heterocycles. The summed E-state index contributed by atoms with van der Waals surface area (Å²) in [6, 6.07) is 16.3. The monoisotopic (exact) mass is 464 g/mol. The number of fused-ring (bicyclic) bond motifs is 3. The molecule has 1 aliphatic heterocycles. The highest BCUT2D eigenvalue weighted by molar-refractivity contribution is 5.82. The van der Waals surface area contributed by atoms with Crippen molar-refractivity contribution in [2.45, 2.75) is 24.9 Å². The first-order valence-corrected chi connectivity index (χ1v) is 11.7. The van der Waals surface area contributed by atoms with Crippen LogP contribution in [0.2, 0.25) is 0 Å². The van der Waals surface area contributed by atoms with Gasteiger partial charge < -0.3 is 25.2 Å². The summed E-state index contributed by atoms with van der Waals surface area (Å²) in [7, 11) is 0. The van der Waals surface area contributed by atoms with Gasteiger partial charge >= 0.3 is 12.1 Å². The fourth-order valence-electron chi connectivity index (χ4n) is 5.10. The first kappa shape index (κ1) is 22.4. The lowest BCUT2D eigenvalue weighted by molar-refractivity contribution is -0.139. The smallest absolute Gasteiger partial charge is 0.407 e. The Morgan fingerprint density at radius 2 is 1.59 bits per heavy atom. The van der Waals surface area contributed by atoms with Gasteiger partial charge in [0.25, 0.3) is 0 Å². The number of carbonyl (C=O) groups excluding carboxylic acids is 2. The Morgan fingerprint density at radius 1 is 0.941 bits per heavy atom. The summed E-state index contributed by atoms with van der Waals surface area (Å²) in [5, 5.41) is 14.6. The average molecular weight is 465 g/mol. The molecule has 0 spiro atoms. The fourth-order valence-corrected chi connectivity index (χ4v) is 5.10. The molecule has 3 aliphatic rings. The van der Waals surface area contributed by atoms with Crippen LogP contribution in [0.25, 0.3) is 11.1 Å². The zero-order chi connectivity index (χ0) is 23.7. The molecule has 0 unspecified atom stereocenters. The molecule has 3 N–H and O–H groups in total. The summed E-state index contributed by atoms with van der Waals surface area (Å²) in [5.74, 6) is -1.62. The molecule has 2 aliphatic carbocycles. The number of benzene rings is 2. The summed E-state index contributed by atoms with van der Waals surface area (Å²) in [6.45, 7) is 1.28. The fraction of sp³-hybridized carbons (Fsp3) is 0.423. The van der Waals surface area contributed by atoms with E-state index in [9.17, 15) is 14.4 Å². The number of hydrogen-bond donors (Lipinski definition) is 3. The van der Waals surface area contributed by atoms with Crippen molar-refractivity contribution in [2.75, 3.05) is 26.3 Å². The minimum atomic E-state index is -0.818. The molecule has 2 fully saturated rings. The van der Waals surface area contributed by atoms with Crippen LogP contribution in [-0.4, -0.2) is 55.5 Å². The Balaban J connectivity index is 1.10. The predicted molar refractivity (Wildman–Crippen MR) is 123 cm³/mol. The summed E-state index contributed by atoms with van der Waals surface area (Å²) in [6.07, 6.45) is 0.0720. The van der Waals surface area contributed by atoms with E-state index in [2.05, 4.69) is 34.9 Å². The largest absolute Gasteiger partial charge is 0.481 e. The molecule has 8 heteroatoms. The van der Waals surface area contributed by atoms with E-state index in [0.29, 0.717) is 26.0 Å². The van der Waals surface area contributed by atoms with Crippen molar-refractivity contribution in [3.8, 4) is 11.1 Å². The standard InChI is InChI=1S/C26H28N2O6/c29-24(27-13-16-11-21(16)25(30)31)23-15(9-10-33-23)12-28-26(32)34-14-22-19-7-3-1-5-17(19)18-6-2-4-8-20(18)22/h1-8,15-16,21-23H,9-14H2,(H,27,29)(H,28,32)(H,30,31)/t15-,16-,21-,23-/m0/s1. The number of alkyl carbamates (subject to hydrolysis) is 1. The molecule has 2 aromatic carbocycles. The van der Waals surface area contributed by atoms with E-state index >= 15 is 0 Å². The molecule has 1 saturated carbocycles. The molecule has 5 rings (SSSR count). The van der Waals surface area contributed by atoms with Crippen molar-refractivity contribution in [3.63, 3.8) is 0 Å². The zero-order valence-electron chi connectivity index (χ0n) is 18.7. The van der Waals surface area contributed by atoms with Crippen molar-refractivity contribution in [1.82, 2.24) is 10.6 Å². The predicted octanol–water partition coefficient (Wildman–Crippen LogP) is 2.77. The van der Waals surface area contributed by atoms with Crippen LogP contribution in [0.5, 0.6) is 0 Å². The molecule has 34 heavy (non-hydrogen) atoms. The molecule has 1 heterocycles. The van der Waals surface area contributed by atoms with E-state index in [0.717, 1.165) is 11.1 Å². The van der Waals surface area contributed by atoms with E-state index in [1.54, 1.807) is 0 Å².